The highest BCUT2D eigenvalue weighted by Crippen LogP contribution is 2.22. The van der Waals surface area contributed by atoms with Gasteiger partial charge in [-0.15, -0.1) is 0 Å². The molecule has 2 atom stereocenters. The van der Waals surface area contributed by atoms with Crippen LogP contribution in [0.5, 0.6) is 0 Å². The Morgan fingerprint density at radius 1 is 1.47 bits per heavy atom. The minimum Gasteiger partial charge on any atom is -0.378 e. The van der Waals surface area contributed by atoms with Crippen LogP contribution >= 0.6 is 0 Å². The van der Waals surface area contributed by atoms with E-state index in [1.54, 1.807) is 0 Å². The van der Waals surface area contributed by atoms with Gasteiger partial charge in [-0.2, -0.15) is 0 Å². The minimum absolute atomic E-state index is 0.139. The number of carbonyl (C=O) groups is 1. The van der Waals surface area contributed by atoms with Gasteiger partial charge < -0.3 is 10.1 Å². The Morgan fingerprint density at radius 3 is 2.89 bits per heavy atom. The van der Waals surface area contributed by atoms with Gasteiger partial charge in [0.1, 0.15) is 0 Å². The molecule has 2 fully saturated rings. The number of ketones is 1. The highest BCUT2D eigenvalue weighted by Gasteiger charge is 2.29. The second kappa shape index (κ2) is 6.30. The molecule has 6 nitrogen and oxygen atoms in total. The molecule has 2 rings (SSSR count). The smallest absolute Gasteiger partial charge is 0.211 e. The average molecular weight is 290 g/mol. The molecule has 2 heterocycles. The lowest BCUT2D eigenvalue weighted by Crippen LogP contribution is -2.48. The predicted octanol–water partition coefficient (Wildman–Crippen LogP) is -0.394. The van der Waals surface area contributed by atoms with Crippen LogP contribution < -0.4 is 5.32 Å². The molecule has 0 aromatic heterocycles. The first-order chi connectivity index (χ1) is 8.97. The van der Waals surface area contributed by atoms with Gasteiger partial charge >= 0.3 is 0 Å². The van der Waals surface area contributed by atoms with Crippen molar-refractivity contribution in [1.29, 1.82) is 0 Å². The zero-order valence-corrected chi connectivity index (χ0v) is 12.1. The van der Waals surface area contributed by atoms with E-state index in [1.807, 2.05) is 0 Å². The van der Waals surface area contributed by atoms with E-state index in [0.29, 0.717) is 39.3 Å². The highest BCUT2D eigenvalue weighted by molar-refractivity contribution is 7.88. The van der Waals surface area contributed by atoms with Crippen molar-refractivity contribution in [2.75, 3.05) is 39.1 Å². The number of Topliss-reactive ketones (excluding diaryl/α,β-unsaturated/α-hetero) is 1. The van der Waals surface area contributed by atoms with Crippen molar-refractivity contribution >= 4 is 15.8 Å². The van der Waals surface area contributed by atoms with Crippen molar-refractivity contribution in [1.82, 2.24) is 9.62 Å². The summed E-state index contributed by atoms with van der Waals surface area (Å²) in [6.07, 6.45) is 3.42. The van der Waals surface area contributed by atoms with Crippen LogP contribution in [0.4, 0.5) is 0 Å². The van der Waals surface area contributed by atoms with Crippen molar-refractivity contribution < 1.29 is 17.9 Å². The Kier molecular flexibility index (Phi) is 4.94. The van der Waals surface area contributed by atoms with Gasteiger partial charge in [-0.05, 0) is 18.8 Å². The molecule has 0 spiro atoms. The molecule has 1 N–H and O–H groups in total. The Labute approximate surface area is 114 Å². The SMILES string of the molecule is CS(=O)(=O)N1CCCC(CC(=O)C2COCCN2)C1. The van der Waals surface area contributed by atoms with Crippen LogP contribution in [-0.4, -0.2) is 63.7 Å². The molecular weight excluding hydrogens is 268 g/mol. The molecule has 0 radical (unpaired) electrons. The normalized spacial score (nSPS) is 30.2. The van der Waals surface area contributed by atoms with Gasteiger partial charge in [0.05, 0.1) is 25.5 Å². The molecule has 0 aromatic rings. The molecule has 0 amide bonds. The predicted molar refractivity (Wildman–Crippen MR) is 71.4 cm³/mol. The first kappa shape index (κ1) is 14.9. The zero-order chi connectivity index (χ0) is 13.9. The second-order valence-electron chi connectivity index (χ2n) is 5.38. The Morgan fingerprint density at radius 2 is 2.26 bits per heavy atom. The molecule has 0 aromatic carbocycles. The third kappa shape index (κ3) is 4.24. The largest absolute Gasteiger partial charge is 0.378 e. The zero-order valence-electron chi connectivity index (χ0n) is 11.3. The molecule has 19 heavy (non-hydrogen) atoms. The van der Waals surface area contributed by atoms with Crippen molar-refractivity contribution in [3.8, 4) is 0 Å². The summed E-state index contributed by atoms with van der Waals surface area (Å²) >= 11 is 0. The van der Waals surface area contributed by atoms with E-state index in [9.17, 15) is 13.2 Å². The third-order valence-corrected chi connectivity index (χ3v) is 5.02. The van der Waals surface area contributed by atoms with Crippen LogP contribution in [0, 0.1) is 5.92 Å². The molecule has 110 valence electrons. The molecule has 0 saturated carbocycles. The summed E-state index contributed by atoms with van der Waals surface area (Å²) in [4.78, 5) is 12.1. The number of piperidine rings is 1. The average Bonchev–Trinajstić information content (AvgIpc) is 2.39. The van der Waals surface area contributed by atoms with Crippen molar-refractivity contribution in [2.24, 2.45) is 5.92 Å². The van der Waals surface area contributed by atoms with Gasteiger partial charge in [0.25, 0.3) is 0 Å². The van der Waals surface area contributed by atoms with Crippen molar-refractivity contribution in [3.05, 3.63) is 0 Å². The Bertz CT molecular complexity index is 417. The van der Waals surface area contributed by atoms with E-state index in [4.69, 9.17) is 4.74 Å². The molecule has 2 unspecified atom stereocenters. The maximum atomic E-state index is 12.1. The lowest BCUT2D eigenvalue weighted by Gasteiger charge is -2.31. The third-order valence-electron chi connectivity index (χ3n) is 3.75. The fourth-order valence-electron chi connectivity index (χ4n) is 2.69. The lowest BCUT2D eigenvalue weighted by atomic mass is 9.92. The summed E-state index contributed by atoms with van der Waals surface area (Å²) in [6, 6.07) is -0.220. The number of nitrogens with zero attached hydrogens (tertiary/aromatic N) is 1. The monoisotopic (exact) mass is 290 g/mol. The minimum atomic E-state index is -3.14. The van der Waals surface area contributed by atoms with Gasteiger partial charge in [0, 0.05) is 26.1 Å². The van der Waals surface area contributed by atoms with Crippen LogP contribution in [-0.2, 0) is 19.6 Å². The molecule has 7 heteroatoms. The number of ether oxygens (including phenoxy) is 1. The van der Waals surface area contributed by atoms with Gasteiger partial charge in [0.15, 0.2) is 5.78 Å². The summed E-state index contributed by atoms with van der Waals surface area (Å²) in [7, 11) is -3.14. The molecule has 2 aliphatic rings. The van der Waals surface area contributed by atoms with Crippen LogP contribution in [0.2, 0.25) is 0 Å². The summed E-state index contributed by atoms with van der Waals surface area (Å²) in [5.41, 5.74) is 0. The number of carbonyl (C=O) groups excluding carboxylic acids is 1. The Hall–Kier alpha value is -0.500. The summed E-state index contributed by atoms with van der Waals surface area (Å²) in [6.45, 7) is 2.83. The van der Waals surface area contributed by atoms with Crippen LogP contribution in [0.25, 0.3) is 0 Å². The Balaban J connectivity index is 1.86. The van der Waals surface area contributed by atoms with Crippen LogP contribution in [0.15, 0.2) is 0 Å². The number of nitrogens with one attached hydrogen (secondary N) is 1. The van der Waals surface area contributed by atoms with Gasteiger partial charge in [0.2, 0.25) is 10.0 Å². The number of morpholine rings is 1. The number of hydrogen-bond donors (Lipinski definition) is 1. The van der Waals surface area contributed by atoms with Crippen molar-refractivity contribution in [3.63, 3.8) is 0 Å². The number of rotatable bonds is 4. The maximum Gasteiger partial charge on any atom is 0.211 e. The molecular formula is C12H22N2O4S. The molecule has 0 aliphatic carbocycles. The van der Waals surface area contributed by atoms with E-state index >= 15 is 0 Å². The standard InChI is InChI=1S/C12H22N2O4S/c1-19(16,17)14-5-2-3-10(8-14)7-12(15)11-9-18-6-4-13-11/h10-11,13H,2-9H2,1H3. The summed E-state index contributed by atoms with van der Waals surface area (Å²) < 4.78 is 29.8. The molecule has 0 bridgehead atoms. The highest BCUT2D eigenvalue weighted by atomic mass is 32.2. The van der Waals surface area contributed by atoms with Gasteiger partial charge in [-0.3, -0.25) is 4.79 Å². The number of sulfonamides is 1. The first-order valence-corrected chi connectivity index (χ1v) is 8.60. The van der Waals surface area contributed by atoms with Crippen molar-refractivity contribution in [2.45, 2.75) is 25.3 Å². The summed E-state index contributed by atoms with van der Waals surface area (Å²) in [5.74, 6) is 0.278. The maximum absolute atomic E-state index is 12.1. The van der Waals surface area contributed by atoms with Crippen LogP contribution in [0.1, 0.15) is 19.3 Å². The van der Waals surface area contributed by atoms with E-state index in [-0.39, 0.29) is 17.7 Å². The van der Waals surface area contributed by atoms with Gasteiger partial charge in [-0.25, -0.2) is 12.7 Å². The first-order valence-electron chi connectivity index (χ1n) is 6.76. The number of hydrogen-bond acceptors (Lipinski definition) is 5. The second-order valence-corrected chi connectivity index (χ2v) is 7.36. The van der Waals surface area contributed by atoms with Gasteiger partial charge in [-0.1, -0.05) is 0 Å². The van der Waals surface area contributed by atoms with E-state index in [1.165, 1.54) is 10.6 Å². The van der Waals surface area contributed by atoms with E-state index in [2.05, 4.69) is 5.32 Å². The molecule has 2 saturated heterocycles. The van der Waals surface area contributed by atoms with Crippen LogP contribution in [0.3, 0.4) is 0 Å². The van der Waals surface area contributed by atoms with E-state index < -0.39 is 10.0 Å². The lowest BCUT2D eigenvalue weighted by molar-refractivity contribution is -0.125. The quantitative estimate of drug-likeness (QED) is 0.763. The molecule has 2 aliphatic heterocycles. The summed E-state index contributed by atoms with van der Waals surface area (Å²) in [5, 5.41) is 3.14. The topological polar surface area (TPSA) is 75.7 Å². The fraction of sp³-hybridized carbons (Fsp3) is 0.917. The fourth-order valence-corrected chi connectivity index (χ4v) is 3.64. The van der Waals surface area contributed by atoms with E-state index in [0.717, 1.165) is 12.8 Å².